The highest BCUT2D eigenvalue weighted by Gasteiger charge is 2.45. The van der Waals surface area contributed by atoms with Crippen molar-refractivity contribution in [1.82, 2.24) is 9.97 Å². The normalized spacial score (nSPS) is 13.3. The van der Waals surface area contributed by atoms with Crippen LogP contribution in [0.25, 0.3) is 10.8 Å². The lowest BCUT2D eigenvalue weighted by atomic mass is 9.70. The van der Waals surface area contributed by atoms with Gasteiger partial charge in [-0.3, -0.25) is 0 Å². The maximum atomic E-state index is 11.5. The molecular formula is C23H26N2O6. The summed E-state index contributed by atoms with van der Waals surface area (Å²) in [6, 6.07) is 11.9. The van der Waals surface area contributed by atoms with E-state index >= 15 is 0 Å². The van der Waals surface area contributed by atoms with E-state index in [4.69, 9.17) is 14.9 Å². The first-order valence-corrected chi connectivity index (χ1v) is 9.43. The minimum absolute atomic E-state index is 0.414. The van der Waals surface area contributed by atoms with E-state index < -0.39 is 23.0 Å². The number of H-pyrrole nitrogens is 1. The van der Waals surface area contributed by atoms with E-state index in [1.165, 1.54) is 0 Å². The molecule has 0 aliphatic heterocycles. The number of carboxylic acid groups (broad SMARTS) is 2. The summed E-state index contributed by atoms with van der Waals surface area (Å²) in [5.41, 5.74) is -0.142. The minimum Gasteiger partial charge on any atom is -0.497 e. The molecule has 0 fully saturated rings. The standard InChI is InChI=1S/C19H22N2O2.C4H4O4/c1-18(2,3)19(22,17-11-20-12-21-17)15-7-5-14-10-16(23-4)8-6-13(14)9-15;5-3(6)1-2-4(7)8/h5-12,22H,1-4H3,(H,20,21);1-2H,(H,5,6)(H,7,8). The number of carboxylic acids is 2. The van der Waals surface area contributed by atoms with E-state index in [1.54, 1.807) is 19.6 Å². The van der Waals surface area contributed by atoms with Crippen LogP contribution in [0.2, 0.25) is 0 Å². The van der Waals surface area contributed by atoms with Gasteiger partial charge in [0.15, 0.2) is 0 Å². The van der Waals surface area contributed by atoms with Gasteiger partial charge in [-0.2, -0.15) is 0 Å². The van der Waals surface area contributed by atoms with Crippen LogP contribution in [0, 0.1) is 5.41 Å². The Kier molecular flexibility index (Phi) is 7.20. The van der Waals surface area contributed by atoms with Crippen LogP contribution < -0.4 is 4.74 Å². The number of aromatic amines is 1. The van der Waals surface area contributed by atoms with E-state index in [9.17, 15) is 14.7 Å². The molecule has 2 aromatic carbocycles. The van der Waals surface area contributed by atoms with Gasteiger partial charge in [-0.1, -0.05) is 39.0 Å². The Balaban J connectivity index is 0.000000366. The monoisotopic (exact) mass is 426 g/mol. The molecule has 8 nitrogen and oxygen atoms in total. The van der Waals surface area contributed by atoms with Crippen molar-refractivity contribution in [2.75, 3.05) is 7.11 Å². The third-order valence-electron chi connectivity index (χ3n) is 4.79. The molecule has 0 amide bonds. The second-order valence-corrected chi connectivity index (χ2v) is 7.85. The number of carbonyl (C=O) groups is 2. The number of fused-ring (bicyclic) bond motifs is 1. The van der Waals surface area contributed by atoms with Gasteiger partial charge in [-0.05, 0) is 34.5 Å². The van der Waals surface area contributed by atoms with Crippen molar-refractivity contribution in [3.63, 3.8) is 0 Å². The second-order valence-electron chi connectivity index (χ2n) is 7.85. The highest BCUT2D eigenvalue weighted by atomic mass is 16.5. The van der Waals surface area contributed by atoms with Crippen molar-refractivity contribution >= 4 is 22.7 Å². The van der Waals surface area contributed by atoms with Crippen molar-refractivity contribution in [2.24, 2.45) is 5.41 Å². The smallest absolute Gasteiger partial charge is 0.328 e. The Labute approximate surface area is 179 Å². The van der Waals surface area contributed by atoms with Gasteiger partial charge in [-0.25, -0.2) is 14.6 Å². The molecule has 1 unspecified atom stereocenters. The van der Waals surface area contributed by atoms with Gasteiger partial charge in [0.2, 0.25) is 0 Å². The Morgan fingerprint density at radius 3 is 2.06 bits per heavy atom. The van der Waals surface area contributed by atoms with E-state index in [-0.39, 0.29) is 0 Å². The van der Waals surface area contributed by atoms with Crippen LogP contribution in [0.1, 0.15) is 32.0 Å². The van der Waals surface area contributed by atoms with Crippen LogP contribution in [0.15, 0.2) is 61.1 Å². The van der Waals surface area contributed by atoms with Gasteiger partial charge < -0.3 is 25.0 Å². The summed E-state index contributed by atoms with van der Waals surface area (Å²) in [4.78, 5) is 26.4. The van der Waals surface area contributed by atoms with E-state index in [1.807, 2.05) is 57.2 Å². The first-order chi connectivity index (χ1) is 14.5. The number of ether oxygens (including phenoxy) is 1. The molecule has 0 saturated heterocycles. The molecule has 0 bridgehead atoms. The zero-order valence-electron chi connectivity index (χ0n) is 17.8. The lowest BCUT2D eigenvalue weighted by molar-refractivity contribution is -0.134. The Hall–Kier alpha value is -3.65. The number of nitrogens with one attached hydrogen (secondary N) is 1. The van der Waals surface area contributed by atoms with Crippen LogP contribution in [0.3, 0.4) is 0 Å². The van der Waals surface area contributed by atoms with Crippen molar-refractivity contribution < 1.29 is 29.6 Å². The first kappa shape index (κ1) is 23.6. The molecule has 3 rings (SSSR count). The molecule has 4 N–H and O–H groups in total. The lowest BCUT2D eigenvalue weighted by Gasteiger charge is -2.39. The minimum atomic E-state index is -1.26. The Morgan fingerprint density at radius 1 is 1.00 bits per heavy atom. The second kappa shape index (κ2) is 9.44. The molecule has 0 aliphatic rings. The summed E-state index contributed by atoms with van der Waals surface area (Å²) < 4.78 is 5.27. The predicted molar refractivity (Wildman–Crippen MR) is 116 cm³/mol. The maximum absolute atomic E-state index is 11.5. The van der Waals surface area contributed by atoms with Crippen molar-refractivity contribution in [3.8, 4) is 5.75 Å². The van der Waals surface area contributed by atoms with E-state index in [0.29, 0.717) is 17.8 Å². The first-order valence-electron chi connectivity index (χ1n) is 9.43. The molecule has 0 saturated carbocycles. The van der Waals surface area contributed by atoms with Crippen molar-refractivity contribution in [3.05, 3.63) is 72.3 Å². The molecule has 1 atom stereocenters. The van der Waals surface area contributed by atoms with Gasteiger partial charge in [0.1, 0.15) is 11.4 Å². The molecule has 1 heterocycles. The number of aliphatic carboxylic acids is 2. The number of benzene rings is 2. The van der Waals surface area contributed by atoms with Gasteiger partial charge in [0, 0.05) is 23.8 Å². The molecule has 1 aromatic heterocycles. The third kappa shape index (κ3) is 5.49. The van der Waals surface area contributed by atoms with Crippen LogP contribution >= 0.6 is 0 Å². The van der Waals surface area contributed by atoms with Crippen molar-refractivity contribution in [2.45, 2.75) is 26.4 Å². The molecule has 3 aromatic rings. The zero-order chi connectivity index (χ0) is 23.2. The number of imidazole rings is 1. The molecule has 0 spiro atoms. The van der Waals surface area contributed by atoms with Gasteiger partial charge in [0.25, 0.3) is 0 Å². The third-order valence-corrected chi connectivity index (χ3v) is 4.79. The molecule has 8 heteroatoms. The number of rotatable bonds is 5. The summed E-state index contributed by atoms with van der Waals surface area (Å²) in [6.45, 7) is 6.04. The summed E-state index contributed by atoms with van der Waals surface area (Å²) in [6.07, 6.45) is 4.46. The number of hydrogen-bond donors (Lipinski definition) is 4. The topological polar surface area (TPSA) is 133 Å². The fourth-order valence-corrected chi connectivity index (χ4v) is 3.14. The van der Waals surface area contributed by atoms with Crippen LogP contribution in [0.5, 0.6) is 5.75 Å². The summed E-state index contributed by atoms with van der Waals surface area (Å²) in [5.74, 6) is -1.69. The zero-order valence-corrected chi connectivity index (χ0v) is 17.8. The van der Waals surface area contributed by atoms with E-state index in [2.05, 4.69) is 9.97 Å². The highest BCUT2D eigenvalue weighted by molar-refractivity contribution is 5.89. The largest absolute Gasteiger partial charge is 0.497 e. The van der Waals surface area contributed by atoms with Gasteiger partial charge in [0.05, 0.1) is 19.1 Å². The number of nitrogens with zero attached hydrogens (tertiary/aromatic N) is 1. The summed E-state index contributed by atoms with van der Waals surface area (Å²) in [7, 11) is 1.66. The number of aliphatic hydroxyl groups is 1. The molecule has 0 aliphatic carbocycles. The van der Waals surface area contributed by atoms with E-state index in [0.717, 1.165) is 22.1 Å². The Bertz CT molecular complexity index is 1070. The average molecular weight is 426 g/mol. The molecule has 0 radical (unpaired) electrons. The Morgan fingerprint density at radius 2 is 1.58 bits per heavy atom. The fourth-order valence-electron chi connectivity index (χ4n) is 3.14. The number of hydrogen-bond acceptors (Lipinski definition) is 5. The summed E-state index contributed by atoms with van der Waals surface area (Å²) >= 11 is 0. The molecular weight excluding hydrogens is 400 g/mol. The number of aromatic nitrogens is 2. The molecule has 164 valence electrons. The molecule has 31 heavy (non-hydrogen) atoms. The predicted octanol–water partition coefficient (Wildman–Crippen LogP) is 3.57. The average Bonchev–Trinajstić information content (AvgIpc) is 3.25. The quantitative estimate of drug-likeness (QED) is 0.458. The highest BCUT2D eigenvalue weighted by Crippen LogP contribution is 2.44. The van der Waals surface area contributed by atoms with Gasteiger partial charge >= 0.3 is 11.9 Å². The van der Waals surface area contributed by atoms with Crippen LogP contribution in [-0.4, -0.2) is 44.3 Å². The number of methoxy groups -OCH3 is 1. The lowest BCUT2D eigenvalue weighted by Crippen LogP contribution is -2.41. The van der Waals surface area contributed by atoms with Crippen LogP contribution in [0.4, 0.5) is 0 Å². The van der Waals surface area contributed by atoms with Crippen molar-refractivity contribution in [1.29, 1.82) is 0 Å². The van der Waals surface area contributed by atoms with Crippen LogP contribution in [-0.2, 0) is 15.2 Å². The SMILES string of the molecule is COc1ccc2cc(C(O)(c3c[nH]cn3)C(C)(C)C)ccc2c1.O=C(O)C=CC(=O)O. The maximum Gasteiger partial charge on any atom is 0.328 e. The fraction of sp³-hybridized carbons (Fsp3) is 0.261. The summed E-state index contributed by atoms with van der Waals surface area (Å²) in [5, 5.41) is 29.3. The van der Waals surface area contributed by atoms with Gasteiger partial charge in [-0.15, -0.1) is 0 Å².